The molecule has 1 aromatic carbocycles. The monoisotopic (exact) mass is 244 g/mol. The Morgan fingerprint density at radius 1 is 1.06 bits per heavy atom. The summed E-state index contributed by atoms with van der Waals surface area (Å²) < 4.78 is 39.0. The van der Waals surface area contributed by atoms with Gasteiger partial charge in [-0.2, -0.15) is 0 Å². The summed E-state index contributed by atoms with van der Waals surface area (Å²) in [6.45, 7) is 2.60. The molecule has 0 aliphatic carbocycles. The van der Waals surface area contributed by atoms with Gasteiger partial charge in [0.2, 0.25) is 0 Å². The van der Waals surface area contributed by atoms with Gasteiger partial charge in [0.05, 0.1) is 6.04 Å². The fourth-order valence-electron chi connectivity index (χ4n) is 2.14. The number of hydrogen-bond acceptors (Lipinski definition) is 2. The minimum absolute atomic E-state index is 0.401. The lowest BCUT2D eigenvalue weighted by atomic mass is 10.0. The molecule has 1 fully saturated rings. The molecule has 0 aromatic heterocycles. The molecule has 17 heavy (non-hydrogen) atoms. The van der Waals surface area contributed by atoms with Crippen LogP contribution in [0.1, 0.15) is 11.6 Å². The molecule has 1 heterocycles. The molecule has 1 N–H and O–H groups in total. The first-order chi connectivity index (χ1) is 8.18. The summed E-state index contributed by atoms with van der Waals surface area (Å²) in [4.78, 5) is 1.74. The van der Waals surface area contributed by atoms with Gasteiger partial charge < -0.3 is 5.32 Å². The Morgan fingerprint density at radius 2 is 1.65 bits per heavy atom. The maximum Gasteiger partial charge on any atom is 0.258 e. The molecule has 94 valence electrons. The Bertz CT molecular complexity index is 347. The lowest BCUT2D eigenvalue weighted by Crippen LogP contribution is -2.46. The maximum absolute atomic E-state index is 13.1. The van der Waals surface area contributed by atoms with Gasteiger partial charge in [-0.15, -0.1) is 0 Å². The molecule has 1 atom stereocenters. The van der Waals surface area contributed by atoms with Crippen molar-refractivity contribution in [3.63, 3.8) is 0 Å². The molecule has 1 aliphatic heterocycles. The van der Waals surface area contributed by atoms with Crippen LogP contribution in [0.5, 0.6) is 0 Å². The fraction of sp³-hybridized carbons (Fsp3) is 0.500. The van der Waals surface area contributed by atoms with Crippen molar-refractivity contribution in [1.82, 2.24) is 10.2 Å². The van der Waals surface area contributed by atoms with Crippen LogP contribution in [0.4, 0.5) is 13.2 Å². The Balaban J connectivity index is 2.18. The summed E-state index contributed by atoms with van der Waals surface area (Å²) in [6.07, 6.45) is -2.46. The number of nitrogens with zero attached hydrogens (tertiary/aromatic N) is 1. The molecule has 0 bridgehead atoms. The lowest BCUT2D eigenvalue weighted by Gasteiger charge is -2.34. The van der Waals surface area contributed by atoms with Crippen LogP contribution in [0.25, 0.3) is 0 Å². The first-order valence-electron chi connectivity index (χ1n) is 5.67. The van der Waals surface area contributed by atoms with E-state index < -0.39 is 18.3 Å². The second-order valence-corrected chi connectivity index (χ2v) is 4.12. The minimum atomic E-state index is -2.46. The Labute approximate surface area is 98.4 Å². The molecule has 1 aromatic rings. The first kappa shape index (κ1) is 12.4. The second-order valence-electron chi connectivity index (χ2n) is 4.12. The Morgan fingerprint density at radius 3 is 2.18 bits per heavy atom. The number of alkyl halides is 2. The van der Waals surface area contributed by atoms with E-state index in [1.807, 2.05) is 0 Å². The third-order valence-electron chi connectivity index (χ3n) is 3.00. The topological polar surface area (TPSA) is 15.3 Å². The molecule has 0 unspecified atom stereocenters. The van der Waals surface area contributed by atoms with Gasteiger partial charge in [0.15, 0.2) is 0 Å². The molecule has 0 saturated carbocycles. The fourth-order valence-corrected chi connectivity index (χ4v) is 2.14. The Hall–Kier alpha value is -1.07. The van der Waals surface area contributed by atoms with Crippen LogP contribution in [0.2, 0.25) is 0 Å². The average Bonchev–Trinajstić information content (AvgIpc) is 2.33. The highest BCUT2D eigenvalue weighted by Gasteiger charge is 2.29. The van der Waals surface area contributed by atoms with Crippen molar-refractivity contribution < 1.29 is 13.2 Å². The molecule has 0 spiro atoms. The van der Waals surface area contributed by atoms with Crippen LogP contribution in [-0.2, 0) is 0 Å². The van der Waals surface area contributed by atoms with Crippen LogP contribution < -0.4 is 5.32 Å². The zero-order chi connectivity index (χ0) is 12.3. The van der Waals surface area contributed by atoms with E-state index in [1.165, 1.54) is 24.3 Å². The van der Waals surface area contributed by atoms with Crippen molar-refractivity contribution in [2.45, 2.75) is 12.5 Å². The third-order valence-corrected chi connectivity index (χ3v) is 3.00. The largest absolute Gasteiger partial charge is 0.314 e. The Kier molecular flexibility index (Phi) is 4.02. The van der Waals surface area contributed by atoms with E-state index in [-0.39, 0.29) is 0 Å². The minimum Gasteiger partial charge on any atom is -0.314 e. The molecule has 5 heteroatoms. The summed E-state index contributed by atoms with van der Waals surface area (Å²) >= 11 is 0. The van der Waals surface area contributed by atoms with Gasteiger partial charge in [0.1, 0.15) is 5.82 Å². The first-order valence-corrected chi connectivity index (χ1v) is 5.67. The van der Waals surface area contributed by atoms with Crippen LogP contribution >= 0.6 is 0 Å². The summed E-state index contributed by atoms with van der Waals surface area (Å²) in [5.41, 5.74) is 0.475. The molecule has 2 nitrogen and oxygen atoms in total. The highest BCUT2D eigenvalue weighted by Crippen LogP contribution is 2.27. The predicted octanol–water partition coefficient (Wildman–Crippen LogP) is 2.04. The van der Waals surface area contributed by atoms with E-state index in [9.17, 15) is 13.2 Å². The summed E-state index contributed by atoms with van der Waals surface area (Å²) in [6, 6.07) is 4.40. The molecule has 1 aliphatic rings. The highest BCUT2D eigenvalue weighted by molar-refractivity contribution is 5.21. The van der Waals surface area contributed by atoms with Crippen LogP contribution in [0.15, 0.2) is 24.3 Å². The molecular formula is C12H15F3N2. The van der Waals surface area contributed by atoms with Crippen molar-refractivity contribution in [2.75, 3.05) is 26.2 Å². The lowest BCUT2D eigenvalue weighted by molar-refractivity contribution is 0.0181. The molecule has 1 saturated heterocycles. The van der Waals surface area contributed by atoms with E-state index in [0.29, 0.717) is 31.7 Å². The number of hydrogen-bond donors (Lipinski definition) is 1. The van der Waals surface area contributed by atoms with Gasteiger partial charge in [-0.3, -0.25) is 4.90 Å². The van der Waals surface area contributed by atoms with Crippen LogP contribution in [-0.4, -0.2) is 37.5 Å². The van der Waals surface area contributed by atoms with Gasteiger partial charge in [0, 0.05) is 26.2 Å². The number of rotatable bonds is 3. The molecule has 0 radical (unpaired) electrons. The van der Waals surface area contributed by atoms with Crippen molar-refractivity contribution >= 4 is 0 Å². The normalized spacial score (nSPS) is 19.5. The van der Waals surface area contributed by atoms with E-state index in [4.69, 9.17) is 0 Å². The van der Waals surface area contributed by atoms with Crippen molar-refractivity contribution in [1.29, 1.82) is 0 Å². The zero-order valence-electron chi connectivity index (χ0n) is 9.37. The van der Waals surface area contributed by atoms with Crippen LogP contribution in [0.3, 0.4) is 0 Å². The number of piperazine rings is 1. The van der Waals surface area contributed by atoms with E-state index in [2.05, 4.69) is 5.32 Å². The predicted molar refractivity (Wildman–Crippen MR) is 59.6 cm³/mol. The number of nitrogens with one attached hydrogen (secondary N) is 1. The maximum atomic E-state index is 13.1. The van der Waals surface area contributed by atoms with Crippen molar-refractivity contribution in [3.05, 3.63) is 35.6 Å². The molecular weight excluding hydrogens is 229 g/mol. The van der Waals surface area contributed by atoms with E-state index in [0.717, 1.165) is 0 Å². The zero-order valence-corrected chi connectivity index (χ0v) is 9.37. The second kappa shape index (κ2) is 5.51. The number of halogens is 3. The van der Waals surface area contributed by atoms with Gasteiger partial charge in [-0.1, -0.05) is 12.1 Å². The number of benzene rings is 1. The van der Waals surface area contributed by atoms with Gasteiger partial charge in [-0.05, 0) is 17.7 Å². The van der Waals surface area contributed by atoms with E-state index in [1.54, 1.807) is 4.90 Å². The smallest absolute Gasteiger partial charge is 0.258 e. The standard InChI is InChI=1S/C12H15F3N2/c13-10-3-1-9(2-4-10)11(12(14)15)17-7-5-16-6-8-17/h1-4,11-12,16H,5-8H2/t11-/m0/s1. The van der Waals surface area contributed by atoms with Crippen molar-refractivity contribution in [3.8, 4) is 0 Å². The van der Waals surface area contributed by atoms with Gasteiger partial charge in [0.25, 0.3) is 6.43 Å². The van der Waals surface area contributed by atoms with Gasteiger partial charge in [-0.25, -0.2) is 13.2 Å². The highest BCUT2D eigenvalue weighted by atomic mass is 19.3. The van der Waals surface area contributed by atoms with Crippen LogP contribution in [0, 0.1) is 5.82 Å². The summed E-state index contributed by atoms with van der Waals surface area (Å²) in [5.74, 6) is -0.401. The van der Waals surface area contributed by atoms with Crippen molar-refractivity contribution in [2.24, 2.45) is 0 Å². The average molecular weight is 244 g/mol. The SMILES string of the molecule is Fc1ccc([C@@H](C(F)F)N2CCNCC2)cc1. The summed E-state index contributed by atoms with van der Waals surface area (Å²) in [7, 11) is 0. The van der Waals surface area contributed by atoms with Gasteiger partial charge >= 0.3 is 0 Å². The molecule has 0 amide bonds. The summed E-state index contributed by atoms with van der Waals surface area (Å²) in [5, 5.41) is 3.12. The van der Waals surface area contributed by atoms with E-state index >= 15 is 0 Å². The molecule has 2 rings (SSSR count). The third kappa shape index (κ3) is 2.98. The quantitative estimate of drug-likeness (QED) is 0.875.